The Labute approximate surface area is 142 Å². The van der Waals surface area contributed by atoms with Crippen LogP contribution in [0.3, 0.4) is 0 Å². The lowest BCUT2D eigenvalue weighted by Crippen LogP contribution is -2.27. The van der Waals surface area contributed by atoms with Crippen LogP contribution in [0, 0.1) is 0 Å². The van der Waals surface area contributed by atoms with Crippen molar-refractivity contribution in [3.8, 4) is 5.88 Å². The van der Waals surface area contributed by atoms with Gasteiger partial charge in [0.15, 0.2) is 5.82 Å². The lowest BCUT2D eigenvalue weighted by Gasteiger charge is -2.31. The van der Waals surface area contributed by atoms with Gasteiger partial charge in [0.05, 0.1) is 0 Å². The van der Waals surface area contributed by atoms with Crippen molar-refractivity contribution in [1.29, 1.82) is 0 Å². The van der Waals surface area contributed by atoms with Crippen LogP contribution in [0.15, 0.2) is 30.6 Å². The maximum absolute atomic E-state index is 6.40. The largest absolute Gasteiger partial charge is 0.473 e. The van der Waals surface area contributed by atoms with Gasteiger partial charge in [0, 0.05) is 12.2 Å². The predicted molar refractivity (Wildman–Crippen MR) is 95.7 cm³/mol. The Balaban J connectivity index is 1.63. The molecule has 0 spiro atoms. The van der Waals surface area contributed by atoms with Gasteiger partial charge < -0.3 is 15.4 Å². The molecule has 2 aromatic rings. The summed E-state index contributed by atoms with van der Waals surface area (Å²) in [5, 5.41) is 0. The third kappa shape index (κ3) is 2.90. The topological polar surface area (TPSA) is 64.3 Å². The number of nitrogens with two attached hydrogens (primary N) is 1. The van der Waals surface area contributed by atoms with E-state index in [1.807, 2.05) is 0 Å². The first kappa shape index (κ1) is 15.2. The third-order valence-corrected chi connectivity index (χ3v) is 5.02. The van der Waals surface area contributed by atoms with Crippen molar-refractivity contribution in [2.45, 2.75) is 51.0 Å². The van der Waals surface area contributed by atoms with Crippen LogP contribution in [0.2, 0.25) is 0 Å². The molecular formula is C19H24N4O. The summed E-state index contributed by atoms with van der Waals surface area (Å²) in [6, 6.07) is 8.47. The number of aryl methyl sites for hydroxylation is 1. The van der Waals surface area contributed by atoms with E-state index in [1.165, 1.54) is 30.5 Å². The summed E-state index contributed by atoms with van der Waals surface area (Å²) >= 11 is 0. The molecule has 1 aliphatic heterocycles. The minimum absolute atomic E-state index is 0.234. The van der Waals surface area contributed by atoms with Gasteiger partial charge in [0.1, 0.15) is 18.1 Å². The van der Waals surface area contributed by atoms with Gasteiger partial charge in [-0.15, -0.1) is 0 Å². The minimum atomic E-state index is 0.234. The molecule has 1 aromatic heterocycles. The number of ether oxygens (including phenoxy) is 1. The van der Waals surface area contributed by atoms with Crippen molar-refractivity contribution in [1.82, 2.24) is 9.97 Å². The van der Waals surface area contributed by atoms with Crippen LogP contribution >= 0.6 is 0 Å². The number of rotatable bonds is 3. The fraction of sp³-hybridized carbons (Fsp3) is 0.474. The molecule has 24 heavy (non-hydrogen) atoms. The molecule has 5 nitrogen and oxygen atoms in total. The molecule has 1 fully saturated rings. The molecule has 0 unspecified atom stereocenters. The van der Waals surface area contributed by atoms with Gasteiger partial charge in [-0.25, -0.2) is 4.98 Å². The molecule has 0 amide bonds. The maximum Gasteiger partial charge on any atom is 0.242 e. The summed E-state index contributed by atoms with van der Waals surface area (Å²) in [7, 11) is 0. The molecule has 0 radical (unpaired) electrons. The van der Waals surface area contributed by atoms with Crippen LogP contribution < -0.4 is 15.4 Å². The molecular weight excluding hydrogens is 300 g/mol. The normalized spacial score (nSPS) is 18.2. The molecule has 0 bridgehead atoms. The summed E-state index contributed by atoms with van der Waals surface area (Å²) in [5.41, 5.74) is 9.49. The van der Waals surface area contributed by atoms with Crippen LogP contribution in [0.5, 0.6) is 5.88 Å². The molecule has 126 valence electrons. The highest BCUT2D eigenvalue weighted by Gasteiger charge is 2.24. The molecule has 0 atom stereocenters. The monoisotopic (exact) mass is 324 g/mol. The number of anilines is 3. The van der Waals surface area contributed by atoms with E-state index in [9.17, 15) is 0 Å². The maximum atomic E-state index is 6.40. The highest BCUT2D eigenvalue weighted by molar-refractivity contribution is 5.76. The smallest absolute Gasteiger partial charge is 0.242 e. The average Bonchev–Trinajstić information content (AvgIpc) is 2.64. The quantitative estimate of drug-likeness (QED) is 0.929. The molecule has 4 rings (SSSR count). The van der Waals surface area contributed by atoms with E-state index in [2.05, 4.69) is 39.1 Å². The molecule has 2 N–H and O–H groups in total. The van der Waals surface area contributed by atoms with Gasteiger partial charge >= 0.3 is 0 Å². The Morgan fingerprint density at radius 3 is 2.75 bits per heavy atom. The van der Waals surface area contributed by atoms with E-state index < -0.39 is 0 Å². The van der Waals surface area contributed by atoms with Crippen molar-refractivity contribution in [2.24, 2.45) is 0 Å². The second-order valence-electron chi connectivity index (χ2n) is 6.68. The Morgan fingerprint density at radius 1 is 1.04 bits per heavy atom. The summed E-state index contributed by atoms with van der Waals surface area (Å²) in [6.07, 6.45) is 9.93. The summed E-state index contributed by atoms with van der Waals surface area (Å²) in [6.45, 7) is 0.918. The van der Waals surface area contributed by atoms with E-state index in [1.54, 1.807) is 6.33 Å². The first-order chi connectivity index (χ1) is 11.8. The Hall–Kier alpha value is -2.30. The number of hydrogen-bond donors (Lipinski definition) is 1. The fourth-order valence-corrected chi connectivity index (χ4v) is 3.77. The predicted octanol–water partition coefficient (Wildman–Crippen LogP) is 3.85. The lowest BCUT2D eigenvalue weighted by molar-refractivity contribution is 0.149. The van der Waals surface area contributed by atoms with Crippen LogP contribution in [0.25, 0.3) is 0 Å². The third-order valence-electron chi connectivity index (χ3n) is 5.02. The van der Waals surface area contributed by atoms with E-state index >= 15 is 0 Å². The minimum Gasteiger partial charge on any atom is -0.473 e. The first-order valence-electron chi connectivity index (χ1n) is 8.95. The van der Waals surface area contributed by atoms with E-state index in [4.69, 9.17) is 10.5 Å². The number of hydrogen-bond acceptors (Lipinski definition) is 5. The molecule has 2 aliphatic rings. The van der Waals surface area contributed by atoms with Crippen molar-refractivity contribution in [3.05, 3.63) is 36.2 Å². The van der Waals surface area contributed by atoms with E-state index in [0.29, 0.717) is 11.6 Å². The zero-order chi connectivity index (χ0) is 16.4. The van der Waals surface area contributed by atoms with Crippen molar-refractivity contribution in [2.75, 3.05) is 17.2 Å². The fourth-order valence-electron chi connectivity index (χ4n) is 3.77. The number of nitrogen functional groups attached to an aromatic ring is 1. The first-order valence-corrected chi connectivity index (χ1v) is 8.95. The van der Waals surface area contributed by atoms with Gasteiger partial charge in [-0.2, -0.15) is 4.98 Å². The van der Waals surface area contributed by atoms with Gasteiger partial charge in [-0.3, -0.25) is 0 Å². The summed E-state index contributed by atoms with van der Waals surface area (Å²) < 4.78 is 6.10. The molecule has 0 saturated heterocycles. The summed E-state index contributed by atoms with van der Waals surface area (Å²) in [5.74, 6) is 1.30. The van der Waals surface area contributed by atoms with Crippen molar-refractivity contribution in [3.63, 3.8) is 0 Å². The number of fused-ring (bicyclic) bond motifs is 1. The van der Waals surface area contributed by atoms with Crippen LogP contribution in [0.4, 0.5) is 17.2 Å². The highest BCUT2D eigenvalue weighted by Crippen LogP contribution is 2.38. The number of benzene rings is 1. The molecule has 2 heterocycles. The van der Waals surface area contributed by atoms with E-state index in [-0.39, 0.29) is 6.10 Å². The van der Waals surface area contributed by atoms with Crippen LogP contribution in [-0.2, 0) is 6.42 Å². The SMILES string of the molecule is Nc1c(OC2CCCCC2)ncnc1N1CCCc2ccccc21. The van der Waals surface area contributed by atoms with Gasteiger partial charge in [0.25, 0.3) is 0 Å². The lowest BCUT2D eigenvalue weighted by atomic mass is 9.98. The second kappa shape index (κ2) is 6.67. The number of para-hydroxylation sites is 1. The van der Waals surface area contributed by atoms with Crippen LogP contribution in [-0.4, -0.2) is 22.6 Å². The summed E-state index contributed by atoms with van der Waals surface area (Å²) in [4.78, 5) is 11.0. The second-order valence-corrected chi connectivity index (χ2v) is 6.68. The highest BCUT2D eigenvalue weighted by atomic mass is 16.5. The molecule has 1 aliphatic carbocycles. The van der Waals surface area contributed by atoms with Crippen molar-refractivity contribution < 1.29 is 4.74 Å². The Bertz CT molecular complexity index is 712. The number of nitrogens with zero attached hydrogens (tertiary/aromatic N) is 3. The number of aromatic nitrogens is 2. The zero-order valence-corrected chi connectivity index (χ0v) is 13.9. The Morgan fingerprint density at radius 2 is 1.88 bits per heavy atom. The standard InChI is InChI=1S/C19H24N4O/c20-17-18(23-12-6-8-14-7-4-5-11-16(14)23)21-13-22-19(17)24-15-9-2-1-3-10-15/h4-5,7,11,13,15H,1-3,6,8-10,12,20H2. The van der Waals surface area contributed by atoms with Crippen molar-refractivity contribution >= 4 is 17.2 Å². The van der Waals surface area contributed by atoms with E-state index in [0.717, 1.165) is 38.0 Å². The molecule has 1 aromatic carbocycles. The van der Waals surface area contributed by atoms with Gasteiger partial charge in [0.2, 0.25) is 5.88 Å². The molecule has 1 saturated carbocycles. The molecule has 5 heteroatoms. The van der Waals surface area contributed by atoms with Gasteiger partial charge in [-0.1, -0.05) is 24.6 Å². The Kier molecular flexibility index (Phi) is 4.24. The average molecular weight is 324 g/mol. The zero-order valence-electron chi connectivity index (χ0n) is 13.9. The van der Waals surface area contributed by atoms with Crippen LogP contribution in [0.1, 0.15) is 44.1 Å². The van der Waals surface area contributed by atoms with Gasteiger partial charge in [-0.05, 0) is 50.2 Å².